The van der Waals surface area contributed by atoms with E-state index < -0.39 is 18.0 Å². The molecule has 2 rings (SSSR count). The van der Waals surface area contributed by atoms with Crippen LogP contribution in [0.5, 0.6) is 5.75 Å². The number of rotatable bonds is 4. The molecule has 2 N–H and O–H groups in total. The third-order valence-electron chi connectivity index (χ3n) is 3.80. The first kappa shape index (κ1) is 14.2. The minimum absolute atomic E-state index is 0.287. The fourth-order valence-corrected chi connectivity index (χ4v) is 3.02. The number of methoxy groups -OCH3 is 1. The van der Waals surface area contributed by atoms with Gasteiger partial charge in [-0.25, -0.2) is 0 Å². The summed E-state index contributed by atoms with van der Waals surface area (Å²) in [5.41, 5.74) is 0.563. The lowest BCUT2D eigenvalue weighted by Gasteiger charge is -2.24. The van der Waals surface area contributed by atoms with Crippen LogP contribution in [0, 0.1) is 11.8 Å². The molecule has 4 nitrogen and oxygen atoms in total. The first-order valence-corrected chi connectivity index (χ1v) is 6.66. The standard InChI is InChI=1S/C14H17ClO4/c1-19-12-6-5-8(15)7-11(12)13(16)9-3-2-4-10(9)14(17)18/h5-7,9-10,13,16H,2-4H2,1H3,(H,17,18). The summed E-state index contributed by atoms with van der Waals surface area (Å²) in [6.45, 7) is 0. The molecule has 19 heavy (non-hydrogen) atoms. The van der Waals surface area contributed by atoms with Gasteiger partial charge < -0.3 is 14.9 Å². The van der Waals surface area contributed by atoms with Gasteiger partial charge in [-0.3, -0.25) is 4.79 Å². The Balaban J connectivity index is 2.30. The molecular formula is C14H17ClO4. The average Bonchev–Trinajstić information content (AvgIpc) is 2.87. The van der Waals surface area contributed by atoms with E-state index in [1.165, 1.54) is 7.11 Å². The summed E-state index contributed by atoms with van der Waals surface area (Å²) >= 11 is 5.94. The molecule has 3 unspecified atom stereocenters. The summed E-state index contributed by atoms with van der Waals surface area (Å²) in [4.78, 5) is 11.2. The van der Waals surface area contributed by atoms with Crippen LogP contribution in [-0.4, -0.2) is 23.3 Å². The van der Waals surface area contributed by atoms with Gasteiger partial charge in [-0.2, -0.15) is 0 Å². The molecule has 0 aliphatic heterocycles. The Morgan fingerprint density at radius 3 is 2.84 bits per heavy atom. The molecule has 104 valence electrons. The fraction of sp³-hybridized carbons (Fsp3) is 0.500. The zero-order valence-electron chi connectivity index (χ0n) is 10.7. The topological polar surface area (TPSA) is 66.8 Å². The minimum atomic E-state index is -0.864. The van der Waals surface area contributed by atoms with Crippen LogP contribution in [0.4, 0.5) is 0 Å². The van der Waals surface area contributed by atoms with Gasteiger partial charge in [0.15, 0.2) is 0 Å². The molecule has 1 fully saturated rings. The highest BCUT2D eigenvalue weighted by Gasteiger charge is 2.38. The molecule has 0 spiro atoms. The number of hydrogen-bond donors (Lipinski definition) is 2. The van der Waals surface area contributed by atoms with Crippen molar-refractivity contribution in [1.82, 2.24) is 0 Å². The number of ether oxygens (including phenoxy) is 1. The maximum absolute atomic E-state index is 11.2. The predicted molar refractivity (Wildman–Crippen MR) is 71.4 cm³/mol. The van der Waals surface area contributed by atoms with Crippen LogP contribution < -0.4 is 4.74 Å². The largest absolute Gasteiger partial charge is 0.496 e. The molecule has 0 aromatic heterocycles. The molecule has 0 saturated heterocycles. The predicted octanol–water partition coefficient (Wildman–Crippen LogP) is 2.88. The number of benzene rings is 1. The van der Waals surface area contributed by atoms with E-state index in [9.17, 15) is 15.0 Å². The Morgan fingerprint density at radius 2 is 2.21 bits per heavy atom. The lowest BCUT2D eigenvalue weighted by Crippen LogP contribution is -2.24. The van der Waals surface area contributed by atoms with Crippen molar-refractivity contribution in [1.29, 1.82) is 0 Å². The molecule has 0 heterocycles. The molecule has 1 aromatic carbocycles. The molecule has 1 aliphatic rings. The summed E-state index contributed by atoms with van der Waals surface area (Å²) in [7, 11) is 1.52. The van der Waals surface area contributed by atoms with Gasteiger partial charge >= 0.3 is 5.97 Å². The third-order valence-corrected chi connectivity index (χ3v) is 4.04. The van der Waals surface area contributed by atoms with Gasteiger partial charge in [0.05, 0.1) is 19.1 Å². The molecule has 5 heteroatoms. The van der Waals surface area contributed by atoms with Crippen molar-refractivity contribution >= 4 is 17.6 Å². The summed E-state index contributed by atoms with van der Waals surface area (Å²) in [6, 6.07) is 5.01. The van der Waals surface area contributed by atoms with E-state index in [1.807, 2.05) is 0 Å². The fourth-order valence-electron chi connectivity index (χ4n) is 2.84. The normalized spacial score (nSPS) is 24.2. The number of aliphatic hydroxyl groups excluding tert-OH is 1. The molecule has 0 amide bonds. The summed E-state index contributed by atoms with van der Waals surface area (Å²) in [5.74, 6) is -1.10. The van der Waals surface area contributed by atoms with Crippen LogP contribution in [-0.2, 0) is 4.79 Å². The SMILES string of the molecule is COc1ccc(Cl)cc1C(O)C1CCCC1C(=O)O. The van der Waals surface area contributed by atoms with Gasteiger partial charge in [-0.15, -0.1) is 0 Å². The maximum atomic E-state index is 11.2. The Bertz CT molecular complexity index is 475. The highest BCUT2D eigenvalue weighted by molar-refractivity contribution is 6.30. The average molecular weight is 285 g/mol. The van der Waals surface area contributed by atoms with Crippen LogP contribution in [0.1, 0.15) is 30.9 Å². The van der Waals surface area contributed by atoms with Crippen molar-refractivity contribution in [2.75, 3.05) is 7.11 Å². The summed E-state index contributed by atoms with van der Waals surface area (Å²) in [6.07, 6.45) is 1.27. The number of aliphatic carboxylic acids is 1. The lowest BCUT2D eigenvalue weighted by molar-refractivity contribution is -0.144. The van der Waals surface area contributed by atoms with Gasteiger partial charge in [-0.05, 0) is 31.0 Å². The van der Waals surface area contributed by atoms with E-state index in [0.717, 1.165) is 6.42 Å². The smallest absolute Gasteiger partial charge is 0.306 e. The highest BCUT2D eigenvalue weighted by atomic mass is 35.5. The van der Waals surface area contributed by atoms with Crippen LogP contribution in [0.3, 0.4) is 0 Å². The van der Waals surface area contributed by atoms with Crippen molar-refractivity contribution in [2.45, 2.75) is 25.4 Å². The Labute approximate surface area is 117 Å². The van der Waals surface area contributed by atoms with Gasteiger partial charge in [-0.1, -0.05) is 18.0 Å². The zero-order chi connectivity index (χ0) is 14.0. The lowest BCUT2D eigenvalue weighted by atomic mass is 9.86. The van der Waals surface area contributed by atoms with E-state index in [1.54, 1.807) is 18.2 Å². The van der Waals surface area contributed by atoms with Crippen molar-refractivity contribution in [3.63, 3.8) is 0 Å². The number of carbonyl (C=O) groups is 1. The van der Waals surface area contributed by atoms with E-state index in [0.29, 0.717) is 29.2 Å². The van der Waals surface area contributed by atoms with Gasteiger partial charge in [0.2, 0.25) is 0 Å². The van der Waals surface area contributed by atoms with Crippen molar-refractivity contribution in [3.8, 4) is 5.75 Å². The van der Waals surface area contributed by atoms with Crippen LogP contribution in [0.2, 0.25) is 5.02 Å². The number of hydrogen-bond acceptors (Lipinski definition) is 3. The number of carboxylic acids is 1. The molecule has 0 bridgehead atoms. The zero-order valence-corrected chi connectivity index (χ0v) is 11.4. The van der Waals surface area contributed by atoms with Crippen LogP contribution in [0.25, 0.3) is 0 Å². The Kier molecular flexibility index (Phi) is 4.32. The van der Waals surface area contributed by atoms with E-state index in [-0.39, 0.29) is 5.92 Å². The molecule has 0 radical (unpaired) electrons. The monoisotopic (exact) mass is 284 g/mol. The maximum Gasteiger partial charge on any atom is 0.306 e. The quantitative estimate of drug-likeness (QED) is 0.892. The van der Waals surface area contributed by atoms with E-state index >= 15 is 0 Å². The highest BCUT2D eigenvalue weighted by Crippen LogP contribution is 2.43. The van der Waals surface area contributed by atoms with Gasteiger partial charge in [0, 0.05) is 16.5 Å². The molecular weight excluding hydrogens is 268 g/mol. The molecule has 1 saturated carbocycles. The third kappa shape index (κ3) is 2.85. The first-order valence-electron chi connectivity index (χ1n) is 6.29. The van der Waals surface area contributed by atoms with Gasteiger partial charge in [0.1, 0.15) is 5.75 Å². The number of carboxylic acid groups (broad SMARTS) is 1. The van der Waals surface area contributed by atoms with Crippen molar-refractivity contribution in [3.05, 3.63) is 28.8 Å². The summed E-state index contributed by atoms with van der Waals surface area (Å²) < 4.78 is 5.21. The van der Waals surface area contributed by atoms with Crippen molar-refractivity contribution < 1.29 is 19.7 Å². The van der Waals surface area contributed by atoms with Crippen LogP contribution >= 0.6 is 11.6 Å². The minimum Gasteiger partial charge on any atom is -0.496 e. The Morgan fingerprint density at radius 1 is 1.47 bits per heavy atom. The second-order valence-corrected chi connectivity index (χ2v) is 5.31. The van der Waals surface area contributed by atoms with Crippen molar-refractivity contribution in [2.24, 2.45) is 11.8 Å². The molecule has 1 aromatic rings. The second kappa shape index (κ2) is 5.80. The van der Waals surface area contributed by atoms with E-state index in [2.05, 4.69) is 0 Å². The molecule has 3 atom stereocenters. The van der Waals surface area contributed by atoms with Gasteiger partial charge in [0.25, 0.3) is 0 Å². The van der Waals surface area contributed by atoms with E-state index in [4.69, 9.17) is 16.3 Å². The molecule has 1 aliphatic carbocycles. The second-order valence-electron chi connectivity index (χ2n) is 4.87. The Hall–Kier alpha value is -1.26. The number of aliphatic hydroxyl groups is 1. The van der Waals surface area contributed by atoms with Crippen LogP contribution in [0.15, 0.2) is 18.2 Å². The summed E-state index contributed by atoms with van der Waals surface area (Å²) in [5, 5.41) is 20.2. The first-order chi connectivity index (χ1) is 9.04. The number of halogens is 1.